The molecule has 27 heavy (non-hydrogen) atoms. The number of hydrogen-bond acceptors (Lipinski definition) is 4. The van der Waals surface area contributed by atoms with E-state index in [0.717, 1.165) is 18.2 Å². The monoisotopic (exact) mass is 385 g/mol. The summed E-state index contributed by atoms with van der Waals surface area (Å²) in [6, 6.07) is 0.486. The van der Waals surface area contributed by atoms with Crippen LogP contribution >= 0.6 is 0 Å². The molecule has 1 aromatic carbocycles. The molecule has 0 radical (unpaired) electrons. The van der Waals surface area contributed by atoms with Crippen molar-refractivity contribution in [2.75, 3.05) is 7.11 Å². The van der Waals surface area contributed by atoms with E-state index in [1.54, 1.807) is 20.8 Å². The van der Waals surface area contributed by atoms with Crippen LogP contribution in [0, 0.1) is 17.5 Å². The minimum atomic E-state index is -1.59. The standard InChI is InChI=1S/C19H22F3NO4/c1-19(2,3)27-18(25)23-11(6-10-15(24)26-4)5-9-14(23)12-7-8-13(20)17(22)16(12)21/h6-8,10-11,14H,5,9H2,1-4H3/t11-,14+/m1/s1. The molecule has 0 spiro atoms. The third kappa shape index (κ3) is 4.81. The Morgan fingerprint density at radius 1 is 1.15 bits per heavy atom. The molecule has 0 unspecified atom stereocenters. The fourth-order valence-electron chi connectivity index (χ4n) is 2.97. The summed E-state index contributed by atoms with van der Waals surface area (Å²) in [6.07, 6.45) is 2.54. The van der Waals surface area contributed by atoms with Gasteiger partial charge in [0.15, 0.2) is 17.5 Å². The fourth-order valence-corrected chi connectivity index (χ4v) is 2.97. The molecule has 1 heterocycles. The van der Waals surface area contributed by atoms with E-state index >= 15 is 0 Å². The zero-order valence-corrected chi connectivity index (χ0v) is 15.6. The van der Waals surface area contributed by atoms with Gasteiger partial charge in [-0.3, -0.25) is 4.90 Å². The predicted octanol–water partition coefficient (Wildman–Crippen LogP) is 4.27. The SMILES string of the molecule is COC(=O)C=C[C@H]1CC[C@@H](c2ccc(F)c(F)c2F)N1C(=O)OC(C)(C)C. The number of carbonyl (C=O) groups is 2. The molecule has 0 aliphatic carbocycles. The molecule has 0 aromatic heterocycles. The molecule has 5 nitrogen and oxygen atoms in total. The lowest BCUT2D eigenvalue weighted by Gasteiger charge is -2.32. The van der Waals surface area contributed by atoms with E-state index in [0.29, 0.717) is 6.42 Å². The minimum Gasteiger partial charge on any atom is -0.466 e. The van der Waals surface area contributed by atoms with Gasteiger partial charge in [-0.1, -0.05) is 12.1 Å². The van der Waals surface area contributed by atoms with Crippen LogP contribution in [0.5, 0.6) is 0 Å². The van der Waals surface area contributed by atoms with Gasteiger partial charge in [-0.15, -0.1) is 0 Å². The Kier molecular flexibility index (Phi) is 6.18. The van der Waals surface area contributed by atoms with Gasteiger partial charge in [0.25, 0.3) is 0 Å². The van der Waals surface area contributed by atoms with Gasteiger partial charge in [-0.05, 0) is 39.7 Å². The highest BCUT2D eigenvalue weighted by Gasteiger charge is 2.40. The van der Waals surface area contributed by atoms with Crippen LogP contribution in [0.2, 0.25) is 0 Å². The number of amides is 1. The lowest BCUT2D eigenvalue weighted by Crippen LogP contribution is -2.40. The van der Waals surface area contributed by atoms with Gasteiger partial charge in [0.05, 0.1) is 19.2 Å². The maximum absolute atomic E-state index is 14.3. The quantitative estimate of drug-likeness (QED) is 0.443. The molecule has 2 atom stereocenters. The number of nitrogens with zero attached hydrogens (tertiary/aromatic N) is 1. The molecular weight excluding hydrogens is 363 g/mol. The number of halogens is 3. The van der Waals surface area contributed by atoms with Crippen molar-refractivity contribution >= 4 is 12.1 Å². The molecule has 1 aliphatic rings. The van der Waals surface area contributed by atoms with Crippen molar-refractivity contribution < 1.29 is 32.2 Å². The van der Waals surface area contributed by atoms with Crippen molar-refractivity contribution in [1.82, 2.24) is 4.90 Å². The Balaban J connectivity index is 2.41. The number of hydrogen-bond donors (Lipinski definition) is 0. The first-order valence-electron chi connectivity index (χ1n) is 8.46. The van der Waals surface area contributed by atoms with E-state index in [1.165, 1.54) is 18.1 Å². The number of carbonyl (C=O) groups excluding carboxylic acids is 2. The smallest absolute Gasteiger partial charge is 0.411 e. The van der Waals surface area contributed by atoms with Crippen LogP contribution in [0.15, 0.2) is 24.3 Å². The Morgan fingerprint density at radius 2 is 1.81 bits per heavy atom. The van der Waals surface area contributed by atoms with Crippen LogP contribution in [0.4, 0.5) is 18.0 Å². The van der Waals surface area contributed by atoms with E-state index in [4.69, 9.17) is 4.74 Å². The van der Waals surface area contributed by atoms with Gasteiger partial charge in [0.2, 0.25) is 0 Å². The maximum Gasteiger partial charge on any atom is 0.411 e. The van der Waals surface area contributed by atoms with Gasteiger partial charge in [-0.25, -0.2) is 22.8 Å². The fraction of sp³-hybridized carbons (Fsp3) is 0.474. The molecular formula is C19H22F3NO4. The molecule has 1 amide bonds. The molecule has 8 heteroatoms. The number of benzene rings is 1. The highest BCUT2D eigenvalue weighted by atomic mass is 19.2. The second-order valence-corrected chi connectivity index (χ2v) is 7.19. The average Bonchev–Trinajstić information content (AvgIpc) is 3.00. The van der Waals surface area contributed by atoms with E-state index in [2.05, 4.69) is 4.74 Å². The van der Waals surface area contributed by atoms with E-state index in [9.17, 15) is 22.8 Å². The van der Waals surface area contributed by atoms with Gasteiger partial charge in [0.1, 0.15) is 5.60 Å². The summed E-state index contributed by atoms with van der Waals surface area (Å²) >= 11 is 0. The topological polar surface area (TPSA) is 55.8 Å². The molecule has 1 fully saturated rings. The lowest BCUT2D eigenvalue weighted by atomic mass is 10.0. The molecule has 0 bridgehead atoms. The van der Waals surface area contributed by atoms with Crippen LogP contribution in [-0.2, 0) is 14.3 Å². The highest BCUT2D eigenvalue weighted by molar-refractivity contribution is 5.82. The van der Waals surface area contributed by atoms with Crippen LogP contribution in [-0.4, -0.2) is 35.7 Å². The third-order valence-electron chi connectivity index (χ3n) is 4.11. The predicted molar refractivity (Wildman–Crippen MR) is 91.3 cm³/mol. The van der Waals surface area contributed by atoms with Crippen molar-refractivity contribution in [2.45, 2.75) is 51.3 Å². The summed E-state index contributed by atoms with van der Waals surface area (Å²) in [4.78, 5) is 25.3. The van der Waals surface area contributed by atoms with E-state index in [-0.39, 0.29) is 12.0 Å². The van der Waals surface area contributed by atoms with Crippen LogP contribution in [0.25, 0.3) is 0 Å². The number of ether oxygens (including phenoxy) is 2. The molecule has 1 saturated heterocycles. The molecule has 148 valence electrons. The Bertz CT molecular complexity index is 758. The lowest BCUT2D eigenvalue weighted by molar-refractivity contribution is -0.134. The summed E-state index contributed by atoms with van der Waals surface area (Å²) in [5, 5.41) is 0. The molecule has 2 rings (SSSR count). The zero-order chi connectivity index (χ0) is 20.4. The summed E-state index contributed by atoms with van der Waals surface area (Å²) in [6.45, 7) is 5.02. The van der Waals surface area contributed by atoms with Crippen molar-refractivity contribution in [2.24, 2.45) is 0 Å². The second-order valence-electron chi connectivity index (χ2n) is 7.19. The van der Waals surface area contributed by atoms with Crippen LogP contribution in [0.1, 0.15) is 45.2 Å². The number of esters is 1. The van der Waals surface area contributed by atoms with Crippen molar-refractivity contribution in [3.8, 4) is 0 Å². The molecule has 1 aromatic rings. The second kappa shape index (κ2) is 8.02. The molecule has 1 aliphatic heterocycles. The number of methoxy groups -OCH3 is 1. The molecule has 0 saturated carbocycles. The molecule has 0 N–H and O–H groups in total. The zero-order valence-electron chi connectivity index (χ0n) is 15.6. The normalized spacial score (nSPS) is 20.2. The van der Waals surface area contributed by atoms with Gasteiger partial charge < -0.3 is 9.47 Å². The van der Waals surface area contributed by atoms with Gasteiger partial charge >= 0.3 is 12.1 Å². The van der Waals surface area contributed by atoms with Gasteiger partial charge in [0, 0.05) is 11.6 Å². The summed E-state index contributed by atoms with van der Waals surface area (Å²) in [7, 11) is 1.21. The summed E-state index contributed by atoms with van der Waals surface area (Å²) in [5.74, 6) is -4.85. The first kappa shape index (κ1) is 20.8. The van der Waals surface area contributed by atoms with E-state index in [1.807, 2.05) is 0 Å². The summed E-state index contributed by atoms with van der Waals surface area (Å²) in [5.41, 5.74) is -0.957. The number of rotatable bonds is 3. The first-order valence-corrected chi connectivity index (χ1v) is 8.46. The van der Waals surface area contributed by atoms with Crippen LogP contribution < -0.4 is 0 Å². The van der Waals surface area contributed by atoms with Crippen molar-refractivity contribution in [3.63, 3.8) is 0 Å². The van der Waals surface area contributed by atoms with Crippen LogP contribution in [0.3, 0.4) is 0 Å². The number of likely N-dealkylation sites (tertiary alicyclic amines) is 1. The Morgan fingerprint density at radius 3 is 2.41 bits per heavy atom. The summed E-state index contributed by atoms with van der Waals surface area (Å²) < 4.78 is 51.2. The largest absolute Gasteiger partial charge is 0.466 e. The third-order valence-corrected chi connectivity index (χ3v) is 4.11. The Labute approximate surface area is 155 Å². The van der Waals surface area contributed by atoms with Crippen molar-refractivity contribution in [1.29, 1.82) is 0 Å². The van der Waals surface area contributed by atoms with Crippen molar-refractivity contribution in [3.05, 3.63) is 47.3 Å². The van der Waals surface area contributed by atoms with Gasteiger partial charge in [-0.2, -0.15) is 0 Å². The maximum atomic E-state index is 14.3. The van der Waals surface area contributed by atoms with E-state index < -0.39 is 47.2 Å². The Hall–Kier alpha value is -2.51. The minimum absolute atomic E-state index is 0.145. The first-order chi connectivity index (χ1) is 12.5. The average molecular weight is 385 g/mol. The highest BCUT2D eigenvalue weighted by Crippen LogP contribution is 2.39.